The van der Waals surface area contributed by atoms with Crippen molar-refractivity contribution in [2.24, 2.45) is 5.73 Å². The molecule has 0 spiro atoms. The van der Waals surface area contributed by atoms with E-state index in [2.05, 4.69) is 15.6 Å². The molecule has 10 heteroatoms. The first kappa shape index (κ1) is 19.0. The number of nitrogens with one attached hydrogen (secondary N) is 2. The van der Waals surface area contributed by atoms with Crippen LogP contribution in [0.5, 0.6) is 0 Å². The van der Waals surface area contributed by atoms with Crippen molar-refractivity contribution in [3.63, 3.8) is 0 Å². The fourth-order valence-electron chi connectivity index (χ4n) is 2.70. The molecule has 144 valence electrons. The lowest BCUT2D eigenvalue weighted by atomic mass is 9.89. The second-order valence-electron chi connectivity index (χ2n) is 5.97. The van der Waals surface area contributed by atoms with E-state index in [0.717, 1.165) is 18.4 Å². The Morgan fingerprint density at radius 2 is 2.18 bits per heavy atom. The summed E-state index contributed by atoms with van der Waals surface area (Å²) in [6, 6.07) is 7.87. The number of amides is 1. The van der Waals surface area contributed by atoms with Gasteiger partial charge >= 0.3 is 0 Å². The molecule has 0 radical (unpaired) electrons. The zero-order valence-electron chi connectivity index (χ0n) is 14.2. The largest absolute Gasteiger partial charge is 0.494 e. The van der Waals surface area contributed by atoms with Crippen LogP contribution in [0, 0.1) is 17.1 Å². The number of nitrogens with two attached hydrogens (primary N) is 1. The number of carbonyl (C=O) groups excluding carboxylic acids is 1. The van der Waals surface area contributed by atoms with Crippen molar-refractivity contribution in [1.82, 2.24) is 10.3 Å². The quantitative estimate of drug-likeness (QED) is 0.739. The van der Waals surface area contributed by atoms with Gasteiger partial charge in [0, 0.05) is 17.4 Å². The summed E-state index contributed by atoms with van der Waals surface area (Å²) in [6.45, 7) is -0.559. The van der Waals surface area contributed by atoms with Gasteiger partial charge in [0.05, 0.1) is 5.56 Å². The van der Waals surface area contributed by atoms with Crippen LogP contribution in [0.2, 0.25) is 0 Å². The van der Waals surface area contributed by atoms with E-state index in [4.69, 9.17) is 15.7 Å². The highest BCUT2D eigenvalue weighted by Crippen LogP contribution is 2.35. The van der Waals surface area contributed by atoms with Crippen molar-refractivity contribution < 1.29 is 22.7 Å². The molecule has 7 nitrogen and oxygen atoms in total. The third-order valence-electron chi connectivity index (χ3n) is 4.09. The summed E-state index contributed by atoms with van der Waals surface area (Å²) < 4.78 is 47.0. The Balaban J connectivity index is 1.91. The zero-order chi connectivity index (χ0) is 20.3. The standard InChI is InChI=1S/C18H14F3N5O2/c19-13-3-2-11(25-16(27)14-4-1-10(6-22)7-24-14)5-12(13)18(17(20)21)9-28-8-15(23)26-18/h1-5,7-8,17,26H,9,23H2,(H,25,27)/t18-/m0/s1. The Kier molecular flexibility index (Phi) is 5.08. The summed E-state index contributed by atoms with van der Waals surface area (Å²) in [6.07, 6.45) is -0.781. The van der Waals surface area contributed by atoms with Crippen LogP contribution in [0.25, 0.3) is 0 Å². The Labute approximate surface area is 157 Å². The molecule has 1 aromatic heterocycles. The van der Waals surface area contributed by atoms with Crippen LogP contribution in [-0.2, 0) is 10.3 Å². The summed E-state index contributed by atoms with van der Waals surface area (Å²) in [7, 11) is 0. The normalized spacial score (nSPS) is 18.5. The summed E-state index contributed by atoms with van der Waals surface area (Å²) in [5.74, 6) is -1.75. The van der Waals surface area contributed by atoms with Crippen molar-refractivity contribution in [2.45, 2.75) is 12.0 Å². The fourth-order valence-corrected chi connectivity index (χ4v) is 2.70. The molecule has 0 saturated heterocycles. The van der Waals surface area contributed by atoms with Crippen molar-refractivity contribution in [3.05, 3.63) is 71.2 Å². The van der Waals surface area contributed by atoms with Crippen LogP contribution in [0.4, 0.5) is 18.9 Å². The number of hydrogen-bond acceptors (Lipinski definition) is 6. The maximum atomic E-state index is 14.4. The molecule has 1 aliphatic rings. The van der Waals surface area contributed by atoms with Crippen LogP contribution in [0.15, 0.2) is 48.6 Å². The molecule has 28 heavy (non-hydrogen) atoms. The van der Waals surface area contributed by atoms with E-state index in [1.807, 2.05) is 6.07 Å². The molecule has 0 aliphatic carbocycles. The molecule has 0 bridgehead atoms. The van der Waals surface area contributed by atoms with Gasteiger partial charge in [0.25, 0.3) is 12.3 Å². The van der Waals surface area contributed by atoms with Crippen LogP contribution in [-0.4, -0.2) is 23.9 Å². The number of ether oxygens (including phenoxy) is 1. The molecule has 0 fully saturated rings. The smallest absolute Gasteiger partial charge is 0.274 e. The average molecular weight is 389 g/mol. The third-order valence-corrected chi connectivity index (χ3v) is 4.09. The molecule has 1 aliphatic heterocycles. The number of aromatic nitrogens is 1. The lowest BCUT2D eigenvalue weighted by Gasteiger charge is -2.37. The molecule has 0 unspecified atom stereocenters. The number of pyridine rings is 1. The predicted octanol–water partition coefficient (Wildman–Crippen LogP) is 2.18. The molecular weight excluding hydrogens is 375 g/mol. The fraction of sp³-hybridized carbons (Fsp3) is 0.167. The Hall–Kier alpha value is -3.74. The highest BCUT2D eigenvalue weighted by Gasteiger charge is 2.46. The lowest BCUT2D eigenvalue weighted by Crippen LogP contribution is -2.55. The number of halogens is 3. The number of nitrogens with zero attached hydrogens (tertiary/aromatic N) is 2. The number of alkyl halides is 2. The number of benzene rings is 1. The number of carbonyl (C=O) groups is 1. The van der Waals surface area contributed by atoms with E-state index in [1.54, 1.807) is 0 Å². The molecular formula is C18H14F3N5O2. The van der Waals surface area contributed by atoms with Crippen molar-refractivity contribution >= 4 is 11.6 Å². The summed E-state index contributed by atoms with van der Waals surface area (Å²) in [4.78, 5) is 16.1. The van der Waals surface area contributed by atoms with Crippen molar-refractivity contribution in [1.29, 1.82) is 5.26 Å². The van der Waals surface area contributed by atoms with E-state index >= 15 is 0 Å². The van der Waals surface area contributed by atoms with Crippen molar-refractivity contribution in [2.75, 3.05) is 11.9 Å². The van der Waals surface area contributed by atoms with Gasteiger partial charge < -0.3 is 21.1 Å². The molecule has 1 aromatic carbocycles. The van der Waals surface area contributed by atoms with Crippen LogP contribution >= 0.6 is 0 Å². The highest BCUT2D eigenvalue weighted by molar-refractivity contribution is 6.02. The Morgan fingerprint density at radius 1 is 1.39 bits per heavy atom. The minimum Gasteiger partial charge on any atom is -0.494 e. The van der Waals surface area contributed by atoms with E-state index in [-0.39, 0.29) is 22.8 Å². The Morgan fingerprint density at radius 3 is 2.79 bits per heavy atom. The minimum absolute atomic E-state index is 0.000231. The number of rotatable bonds is 4. The number of hydrogen-bond donors (Lipinski definition) is 3. The van der Waals surface area contributed by atoms with Gasteiger partial charge in [-0.15, -0.1) is 0 Å². The van der Waals surface area contributed by atoms with Gasteiger partial charge in [-0.05, 0) is 30.3 Å². The summed E-state index contributed by atoms with van der Waals surface area (Å²) >= 11 is 0. The third kappa shape index (κ3) is 3.55. The molecule has 1 atom stereocenters. The average Bonchev–Trinajstić information content (AvgIpc) is 2.69. The second kappa shape index (κ2) is 7.48. The van der Waals surface area contributed by atoms with Gasteiger partial charge in [-0.1, -0.05) is 0 Å². The van der Waals surface area contributed by atoms with Crippen LogP contribution in [0.1, 0.15) is 21.6 Å². The van der Waals surface area contributed by atoms with Crippen LogP contribution < -0.4 is 16.4 Å². The van der Waals surface area contributed by atoms with Crippen molar-refractivity contribution in [3.8, 4) is 6.07 Å². The lowest BCUT2D eigenvalue weighted by molar-refractivity contribution is -0.0211. The first-order chi connectivity index (χ1) is 13.4. The minimum atomic E-state index is -3.06. The molecule has 1 amide bonds. The van der Waals surface area contributed by atoms with Gasteiger partial charge in [-0.3, -0.25) is 4.79 Å². The molecule has 0 saturated carbocycles. The zero-order valence-corrected chi connectivity index (χ0v) is 14.2. The number of nitriles is 1. The Bertz CT molecular complexity index is 972. The number of anilines is 1. The maximum absolute atomic E-state index is 14.4. The first-order valence-electron chi connectivity index (χ1n) is 7.97. The van der Waals surface area contributed by atoms with Gasteiger partial charge in [0.15, 0.2) is 5.54 Å². The van der Waals surface area contributed by atoms with E-state index < -0.39 is 35.9 Å². The first-order valence-corrected chi connectivity index (χ1v) is 7.97. The monoisotopic (exact) mass is 389 g/mol. The van der Waals surface area contributed by atoms with E-state index in [9.17, 15) is 18.0 Å². The van der Waals surface area contributed by atoms with Gasteiger partial charge in [-0.25, -0.2) is 18.2 Å². The van der Waals surface area contributed by atoms with Gasteiger partial charge in [0.1, 0.15) is 36.3 Å². The van der Waals surface area contributed by atoms with Gasteiger partial charge in [-0.2, -0.15) is 5.26 Å². The summed E-state index contributed by atoms with van der Waals surface area (Å²) in [5.41, 5.74) is 3.24. The summed E-state index contributed by atoms with van der Waals surface area (Å²) in [5, 5.41) is 13.6. The highest BCUT2D eigenvalue weighted by atomic mass is 19.3. The van der Waals surface area contributed by atoms with E-state index in [0.29, 0.717) is 0 Å². The predicted molar refractivity (Wildman–Crippen MR) is 92.3 cm³/mol. The maximum Gasteiger partial charge on any atom is 0.274 e. The SMILES string of the molecule is N#Cc1ccc(C(=O)Nc2ccc(F)c([C@]3(C(F)F)COC=C(N)N3)c2)nc1. The van der Waals surface area contributed by atoms with Gasteiger partial charge in [0.2, 0.25) is 0 Å². The molecule has 3 rings (SSSR count). The molecule has 2 heterocycles. The second-order valence-corrected chi connectivity index (χ2v) is 5.97. The molecule has 4 N–H and O–H groups in total. The van der Waals surface area contributed by atoms with Crippen LogP contribution in [0.3, 0.4) is 0 Å². The molecule has 2 aromatic rings. The topological polar surface area (TPSA) is 113 Å². The van der Waals surface area contributed by atoms with E-state index in [1.165, 1.54) is 24.4 Å².